The van der Waals surface area contributed by atoms with Gasteiger partial charge in [-0.2, -0.15) is 4.91 Å². The molecule has 0 saturated carbocycles. The van der Waals surface area contributed by atoms with Crippen LogP contribution in [0.2, 0.25) is 0 Å². The zero-order valence-electron chi connectivity index (χ0n) is 7.55. The van der Waals surface area contributed by atoms with Gasteiger partial charge in [-0.25, -0.2) is 0 Å². The Labute approximate surface area is 67.2 Å². The van der Waals surface area contributed by atoms with E-state index in [-0.39, 0.29) is 17.2 Å². The molecular weight excluding hydrogens is 142 g/mol. The van der Waals surface area contributed by atoms with Crippen LogP contribution in [0.3, 0.4) is 0 Å². The number of nitrogens with zero attached hydrogens (tertiary/aromatic N) is 1. The van der Waals surface area contributed by atoms with Crippen molar-refractivity contribution in [3.05, 3.63) is 4.91 Å². The molecule has 0 aromatic carbocycles. The summed E-state index contributed by atoms with van der Waals surface area (Å²) in [7, 11) is 0. The fourth-order valence-corrected chi connectivity index (χ4v) is 0.932. The van der Waals surface area contributed by atoms with Crippen molar-refractivity contribution in [3.63, 3.8) is 0 Å². The topological polar surface area (TPSA) is 46.5 Å². The van der Waals surface area contributed by atoms with E-state index in [0.29, 0.717) is 6.42 Å². The number of carbonyl (C=O) groups excluding carboxylic acids is 1. The van der Waals surface area contributed by atoms with Gasteiger partial charge in [-0.1, -0.05) is 19.0 Å². The second-order valence-corrected chi connectivity index (χ2v) is 3.65. The van der Waals surface area contributed by atoms with Crippen LogP contribution < -0.4 is 0 Å². The molecule has 0 aromatic rings. The summed E-state index contributed by atoms with van der Waals surface area (Å²) in [6.45, 7) is 7.01. The highest BCUT2D eigenvalue weighted by Crippen LogP contribution is 2.27. The lowest BCUT2D eigenvalue weighted by atomic mass is 9.81. The molecule has 0 rings (SSSR count). The van der Waals surface area contributed by atoms with Gasteiger partial charge in [0.05, 0.1) is 6.04 Å². The molecule has 0 aliphatic rings. The Kier molecular flexibility index (Phi) is 3.36. The summed E-state index contributed by atoms with van der Waals surface area (Å²) in [6, 6.07) is -0.300. The van der Waals surface area contributed by atoms with Crippen LogP contribution >= 0.6 is 0 Å². The molecule has 64 valence electrons. The second kappa shape index (κ2) is 3.60. The van der Waals surface area contributed by atoms with Crippen molar-refractivity contribution in [3.8, 4) is 0 Å². The summed E-state index contributed by atoms with van der Waals surface area (Å²) in [5, 5.41) is 2.91. The van der Waals surface area contributed by atoms with Crippen LogP contribution in [0.1, 0.15) is 34.1 Å². The summed E-state index contributed by atoms with van der Waals surface area (Å²) in [6.07, 6.45) is 0.417. The van der Waals surface area contributed by atoms with Gasteiger partial charge in [0.2, 0.25) is 0 Å². The van der Waals surface area contributed by atoms with Crippen molar-refractivity contribution in [2.75, 3.05) is 0 Å². The van der Waals surface area contributed by atoms with Gasteiger partial charge in [-0.05, 0) is 19.3 Å². The van der Waals surface area contributed by atoms with Crippen LogP contribution in [0.25, 0.3) is 0 Å². The van der Waals surface area contributed by atoms with E-state index < -0.39 is 0 Å². The van der Waals surface area contributed by atoms with Crippen molar-refractivity contribution in [1.29, 1.82) is 0 Å². The van der Waals surface area contributed by atoms with Gasteiger partial charge >= 0.3 is 0 Å². The van der Waals surface area contributed by atoms with E-state index in [1.807, 2.05) is 13.8 Å². The average Bonchev–Trinajstić information content (AvgIpc) is 1.83. The van der Waals surface area contributed by atoms with E-state index in [9.17, 15) is 9.70 Å². The molecular formula is C8H15NO2. The van der Waals surface area contributed by atoms with Gasteiger partial charge < -0.3 is 4.79 Å². The number of nitroso groups, excluding NO2 is 1. The molecule has 0 heterocycles. The van der Waals surface area contributed by atoms with Gasteiger partial charge in [0.25, 0.3) is 0 Å². The first-order valence-electron chi connectivity index (χ1n) is 3.72. The predicted octanol–water partition coefficient (Wildman–Crippen LogP) is 2.15. The van der Waals surface area contributed by atoms with Crippen LogP contribution in [0.15, 0.2) is 5.18 Å². The smallest absolute Gasteiger partial charge is 0.130 e. The number of carbonyl (C=O) groups is 1. The van der Waals surface area contributed by atoms with Crippen molar-refractivity contribution in [1.82, 2.24) is 0 Å². The Bertz CT molecular complexity index is 163. The Morgan fingerprint density at radius 1 is 1.55 bits per heavy atom. The third-order valence-corrected chi connectivity index (χ3v) is 1.99. The molecule has 0 aromatic heterocycles. The summed E-state index contributed by atoms with van der Waals surface area (Å²) in [4.78, 5) is 20.9. The lowest BCUT2D eigenvalue weighted by Gasteiger charge is -2.25. The number of hydrogen-bond acceptors (Lipinski definition) is 3. The van der Waals surface area contributed by atoms with E-state index in [4.69, 9.17) is 0 Å². The highest BCUT2D eigenvalue weighted by molar-refractivity contribution is 5.76. The van der Waals surface area contributed by atoms with Crippen molar-refractivity contribution in [2.24, 2.45) is 10.6 Å². The molecule has 0 fully saturated rings. The lowest BCUT2D eigenvalue weighted by Crippen LogP contribution is -2.26. The zero-order valence-corrected chi connectivity index (χ0v) is 7.55. The maximum atomic E-state index is 10.7. The number of Topliss-reactive ketones (excluding diaryl/α,β-unsaturated/α-hetero) is 1. The number of hydrogen-bond donors (Lipinski definition) is 0. The van der Waals surface area contributed by atoms with Crippen LogP contribution in [0.5, 0.6) is 0 Å². The van der Waals surface area contributed by atoms with Gasteiger partial charge in [0.15, 0.2) is 0 Å². The molecule has 0 radical (unpaired) electrons. The minimum atomic E-state index is -0.300. The van der Waals surface area contributed by atoms with E-state index >= 15 is 0 Å². The molecule has 1 unspecified atom stereocenters. The molecule has 0 spiro atoms. The first-order valence-corrected chi connectivity index (χ1v) is 3.72. The standard InChI is InChI=1S/C8H15NO2/c1-6(10)5-8(3,4)7(2)9-11/h7H,5H2,1-4H3. The molecule has 0 N–H and O–H groups in total. The van der Waals surface area contributed by atoms with E-state index in [0.717, 1.165) is 0 Å². The highest BCUT2D eigenvalue weighted by atomic mass is 16.3. The summed E-state index contributed by atoms with van der Waals surface area (Å²) in [5.41, 5.74) is -0.298. The van der Waals surface area contributed by atoms with E-state index in [1.54, 1.807) is 6.92 Å². The predicted molar refractivity (Wildman–Crippen MR) is 44.3 cm³/mol. The third kappa shape index (κ3) is 3.25. The van der Waals surface area contributed by atoms with Gasteiger partial charge in [0, 0.05) is 6.42 Å². The lowest BCUT2D eigenvalue weighted by molar-refractivity contribution is -0.119. The SMILES string of the molecule is CC(=O)CC(C)(C)C(C)N=O. The first kappa shape index (κ1) is 10.3. The third-order valence-electron chi connectivity index (χ3n) is 1.99. The number of rotatable bonds is 4. The van der Waals surface area contributed by atoms with Gasteiger partial charge in [-0.15, -0.1) is 0 Å². The van der Waals surface area contributed by atoms with Gasteiger partial charge in [0.1, 0.15) is 5.78 Å². The Morgan fingerprint density at radius 2 is 2.00 bits per heavy atom. The van der Waals surface area contributed by atoms with Crippen LogP contribution in [-0.4, -0.2) is 11.8 Å². The molecule has 0 amide bonds. The molecule has 0 bridgehead atoms. The molecule has 0 aliphatic heterocycles. The maximum Gasteiger partial charge on any atom is 0.130 e. The zero-order chi connectivity index (χ0) is 9.07. The summed E-state index contributed by atoms with van der Waals surface area (Å²) >= 11 is 0. The average molecular weight is 157 g/mol. The quantitative estimate of drug-likeness (QED) is 0.587. The monoisotopic (exact) mass is 157 g/mol. The summed E-state index contributed by atoms with van der Waals surface area (Å²) < 4.78 is 0. The van der Waals surface area contributed by atoms with Gasteiger partial charge in [-0.3, -0.25) is 0 Å². The largest absolute Gasteiger partial charge is 0.300 e. The molecule has 1 atom stereocenters. The van der Waals surface area contributed by atoms with Crippen LogP contribution in [0, 0.1) is 10.3 Å². The minimum Gasteiger partial charge on any atom is -0.300 e. The van der Waals surface area contributed by atoms with E-state index in [1.165, 1.54) is 6.92 Å². The Morgan fingerprint density at radius 3 is 2.27 bits per heavy atom. The van der Waals surface area contributed by atoms with Crippen LogP contribution in [-0.2, 0) is 4.79 Å². The number of ketones is 1. The maximum absolute atomic E-state index is 10.7. The minimum absolute atomic E-state index is 0.102. The first-order chi connectivity index (χ1) is 4.90. The fraction of sp³-hybridized carbons (Fsp3) is 0.875. The second-order valence-electron chi connectivity index (χ2n) is 3.65. The molecule has 0 saturated heterocycles. The molecule has 11 heavy (non-hydrogen) atoms. The van der Waals surface area contributed by atoms with Crippen molar-refractivity contribution >= 4 is 5.78 Å². The molecule has 3 heteroatoms. The Balaban J connectivity index is 4.19. The molecule has 0 aliphatic carbocycles. The van der Waals surface area contributed by atoms with Crippen molar-refractivity contribution < 1.29 is 4.79 Å². The molecule has 3 nitrogen and oxygen atoms in total. The van der Waals surface area contributed by atoms with Crippen molar-refractivity contribution in [2.45, 2.75) is 40.2 Å². The normalized spacial score (nSPS) is 14.2. The highest BCUT2D eigenvalue weighted by Gasteiger charge is 2.27. The fourth-order valence-electron chi connectivity index (χ4n) is 0.932. The van der Waals surface area contributed by atoms with E-state index in [2.05, 4.69) is 5.18 Å². The Hall–Kier alpha value is -0.730. The summed E-state index contributed by atoms with van der Waals surface area (Å²) in [5.74, 6) is 0.102. The van der Waals surface area contributed by atoms with Crippen LogP contribution in [0.4, 0.5) is 0 Å².